The van der Waals surface area contributed by atoms with Crippen LogP contribution in [0.5, 0.6) is 0 Å². The molecule has 4 heteroatoms. The molecule has 2 N–H and O–H groups in total. The Morgan fingerprint density at radius 1 is 1.25 bits per heavy atom. The summed E-state index contributed by atoms with van der Waals surface area (Å²) in [6.07, 6.45) is 5.13. The monoisotopic (exact) mass is 271 g/mol. The van der Waals surface area contributed by atoms with Crippen LogP contribution in [0, 0.1) is 0 Å². The molecule has 0 saturated carbocycles. The number of benzene rings is 1. The summed E-state index contributed by atoms with van der Waals surface area (Å²) in [5, 5.41) is 4.48. The first-order valence-corrected chi connectivity index (χ1v) is 7.31. The number of nitrogens with one attached hydrogen (secondary N) is 2. The van der Waals surface area contributed by atoms with Crippen molar-refractivity contribution in [2.45, 2.75) is 25.3 Å². The molecule has 1 unspecified atom stereocenters. The van der Waals surface area contributed by atoms with Gasteiger partial charge >= 0.3 is 0 Å². The number of nitrogens with zero attached hydrogens (tertiary/aromatic N) is 1. The van der Waals surface area contributed by atoms with Gasteiger partial charge in [-0.05, 0) is 44.5 Å². The van der Waals surface area contributed by atoms with Crippen LogP contribution >= 0.6 is 0 Å². The van der Waals surface area contributed by atoms with Crippen molar-refractivity contribution in [3.8, 4) is 0 Å². The molecule has 1 aromatic heterocycles. The van der Waals surface area contributed by atoms with E-state index in [0.29, 0.717) is 6.04 Å². The van der Waals surface area contributed by atoms with Gasteiger partial charge in [-0.1, -0.05) is 12.1 Å². The molecule has 106 valence electrons. The van der Waals surface area contributed by atoms with E-state index in [0.717, 1.165) is 48.8 Å². The van der Waals surface area contributed by atoms with E-state index in [1.807, 2.05) is 42.4 Å². The van der Waals surface area contributed by atoms with E-state index in [-0.39, 0.29) is 5.91 Å². The molecule has 1 amide bonds. The molecule has 1 fully saturated rings. The van der Waals surface area contributed by atoms with Crippen LogP contribution < -0.4 is 5.32 Å². The van der Waals surface area contributed by atoms with Gasteiger partial charge in [-0.2, -0.15) is 0 Å². The smallest absolute Gasteiger partial charge is 0.255 e. The normalized spacial score (nSPS) is 19.8. The highest BCUT2D eigenvalue weighted by Gasteiger charge is 2.23. The zero-order valence-electron chi connectivity index (χ0n) is 11.9. The fraction of sp³-hybridized carbons (Fsp3) is 0.438. The number of aromatic amines is 1. The molecule has 0 aliphatic carbocycles. The molecule has 1 atom stereocenters. The van der Waals surface area contributed by atoms with Gasteiger partial charge < -0.3 is 15.2 Å². The van der Waals surface area contributed by atoms with Gasteiger partial charge in [0.2, 0.25) is 0 Å². The van der Waals surface area contributed by atoms with Crippen LogP contribution in [0.15, 0.2) is 30.5 Å². The second kappa shape index (κ2) is 5.67. The van der Waals surface area contributed by atoms with Crippen LogP contribution in [0.25, 0.3) is 10.9 Å². The van der Waals surface area contributed by atoms with Gasteiger partial charge in [-0.25, -0.2) is 0 Å². The summed E-state index contributed by atoms with van der Waals surface area (Å²) < 4.78 is 0. The number of hydrogen-bond donors (Lipinski definition) is 2. The maximum atomic E-state index is 12.8. The number of para-hydroxylation sites is 1. The van der Waals surface area contributed by atoms with E-state index in [1.54, 1.807) is 0 Å². The Morgan fingerprint density at radius 3 is 3.05 bits per heavy atom. The molecule has 0 bridgehead atoms. The number of amides is 1. The van der Waals surface area contributed by atoms with Crippen LogP contribution in [-0.4, -0.2) is 42.0 Å². The maximum absolute atomic E-state index is 12.8. The molecule has 3 rings (SSSR count). The highest BCUT2D eigenvalue weighted by Crippen LogP contribution is 2.21. The summed E-state index contributed by atoms with van der Waals surface area (Å²) in [6.45, 7) is 2.06. The maximum Gasteiger partial charge on any atom is 0.255 e. The van der Waals surface area contributed by atoms with E-state index in [2.05, 4.69) is 10.3 Å². The van der Waals surface area contributed by atoms with Crippen molar-refractivity contribution in [2.24, 2.45) is 0 Å². The van der Waals surface area contributed by atoms with Gasteiger partial charge in [-0.3, -0.25) is 4.79 Å². The van der Waals surface area contributed by atoms with Crippen molar-refractivity contribution in [2.75, 3.05) is 20.1 Å². The largest absolute Gasteiger partial charge is 0.361 e. The van der Waals surface area contributed by atoms with E-state index >= 15 is 0 Å². The van der Waals surface area contributed by atoms with Crippen LogP contribution in [0.1, 0.15) is 29.6 Å². The lowest BCUT2D eigenvalue weighted by Gasteiger charge is -2.27. The predicted octanol–water partition coefficient (Wildman–Crippen LogP) is 2.38. The minimum atomic E-state index is 0.116. The van der Waals surface area contributed by atoms with Crippen LogP contribution in [-0.2, 0) is 0 Å². The van der Waals surface area contributed by atoms with Gasteiger partial charge in [0.05, 0.1) is 11.1 Å². The summed E-state index contributed by atoms with van der Waals surface area (Å²) in [5.74, 6) is 0.116. The molecule has 0 radical (unpaired) electrons. The van der Waals surface area contributed by atoms with Gasteiger partial charge in [0.15, 0.2) is 0 Å². The van der Waals surface area contributed by atoms with Crippen molar-refractivity contribution in [3.05, 3.63) is 36.0 Å². The van der Waals surface area contributed by atoms with Crippen molar-refractivity contribution in [3.63, 3.8) is 0 Å². The number of hydrogen-bond acceptors (Lipinski definition) is 2. The van der Waals surface area contributed by atoms with Crippen LogP contribution in [0.4, 0.5) is 0 Å². The molecular formula is C16H21N3O. The summed E-state index contributed by atoms with van der Waals surface area (Å²) >= 11 is 0. The molecular weight excluding hydrogens is 250 g/mol. The molecule has 2 aromatic rings. The van der Waals surface area contributed by atoms with Crippen molar-refractivity contribution >= 4 is 16.8 Å². The molecule has 0 spiro atoms. The lowest BCUT2D eigenvalue weighted by Crippen LogP contribution is -2.37. The minimum absolute atomic E-state index is 0.116. The average Bonchev–Trinajstić information content (AvgIpc) is 2.79. The van der Waals surface area contributed by atoms with Crippen LogP contribution in [0.2, 0.25) is 0 Å². The number of aromatic nitrogens is 1. The number of fused-ring (bicyclic) bond motifs is 1. The molecule has 1 aromatic carbocycles. The zero-order valence-corrected chi connectivity index (χ0v) is 11.9. The number of H-pyrrole nitrogens is 1. The van der Waals surface area contributed by atoms with E-state index < -0.39 is 0 Å². The fourth-order valence-corrected chi connectivity index (χ4v) is 3.01. The topological polar surface area (TPSA) is 48.1 Å². The van der Waals surface area contributed by atoms with E-state index in [1.165, 1.54) is 0 Å². The van der Waals surface area contributed by atoms with E-state index in [4.69, 9.17) is 0 Å². The Labute approximate surface area is 119 Å². The molecule has 1 aliphatic rings. The summed E-state index contributed by atoms with van der Waals surface area (Å²) in [4.78, 5) is 17.9. The Morgan fingerprint density at radius 2 is 2.15 bits per heavy atom. The second-order valence-corrected chi connectivity index (χ2v) is 5.50. The first-order chi connectivity index (χ1) is 9.77. The lowest BCUT2D eigenvalue weighted by atomic mass is 10.1. The SMILES string of the molecule is CN(C(=O)c1cccc2cc[nH]c12)C1CCCNCC1. The van der Waals surface area contributed by atoms with Crippen molar-refractivity contribution in [1.29, 1.82) is 0 Å². The Balaban J connectivity index is 1.85. The zero-order chi connectivity index (χ0) is 13.9. The Hall–Kier alpha value is -1.81. The predicted molar refractivity (Wildman–Crippen MR) is 80.9 cm³/mol. The minimum Gasteiger partial charge on any atom is -0.361 e. The molecule has 1 saturated heterocycles. The number of carbonyl (C=O) groups excluding carboxylic acids is 1. The summed E-state index contributed by atoms with van der Waals surface area (Å²) in [7, 11) is 1.93. The summed E-state index contributed by atoms with van der Waals surface area (Å²) in [5.41, 5.74) is 1.71. The second-order valence-electron chi connectivity index (χ2n) is 5.50. The first-order valence-electron chi connectivity index (χ1n) is 7.31. The van der Waals surface area contributed by atoms with Gasteiger partial charge in [0, 0.05) is 24.7 Å². The first kappa shape index (κ1) is 13.2. The Kier molecular flexibility index (Phi) is 3.74. The highest BCUT2D eigenvalue weighted by molar-refractivity contribution is 6.05. The number of rotatable bonds is 2. The highest BCUT2D eigenvalue weighted by atomic mass is 16.2. The van der Waals surface area contributed by atoms with Crippen LogP contribution in [0.3, 0.4) is 0 Å². The van der Waals surface area contributed by atoms with Gasteiger partial charge in [0.1, 0.15) is 0 Å². The molecule has 20 heavy (non-hydrogen) atoms. The summed E-state index contributed by atoms with van der Waals surface area (Å²) in [6, 6.07) is 8.22. The standard InChI is InChI=1S/C16H21N3O/c1-19(13-5-3-9-17-10-8-13)16(20)14-6-2-4-12-7-11-18-15(12)14/h2,4,6-7,11,13,17-18H,3,5,8-10H2,1H3. The quantitative estimate of drug-likeness (QED) is 0.881. The third-order valence-corrected chi connectivity index (χ3v) is 4.23. The van der Waals surface area contributed by atoms with Gasteiger partial charge in [0.25, 0.3) is 5.91 Å². The third kappa shape index (κ3) is 2.43. The van der Waals surface area contributed by atoms with E-state index in [9.17, 15) is 4.79 Å². The van der Waals surface area contributed by atoms with Crippen molar-refractivity contribution < 1.29 is 4.79 Å². The Bertz CT molecular complexity index is 597. The number of carbonyl (C=O) groups is 1. The van der Waals surface area contributed by atoms with Gasteiger partial charge in [-0.15, -0.1) is 0 Å². The van der Waals surface area contributed by atoms with Crippen molar-refractivity contribution in [1.82, 2.24) is 15.2 Å². The lowest BCUT2D eigenvalue weighted by molar-refractivity contribution is 0.0722. The third-order valence-electron chi connectivity index (χ3n) is 4.23. The molecule has 4 nitrogen and oxygen atoms in total. The molecule has 1 aliphatic heterocycles. The molecule has 2 heterocycles. The fourth-order valence-electron chi connectivity index (χ4n) is 3.01. The average molecular weight is 271 g/mol.